The zero-order chi connectivity index (χ0) is 27.5. The van der Waals surface area contributed by atoms with Crippen molar-refractivity contribution in [3.8, 4) is 11.5 Å². The Bertz CT molecular complexity index is 1320. The van der Waals surface area contributed by atoms with Gasteiger partial charge in [0.1, 0.15) is 0 Å². The molecule has 0 unspecified atom stereocenters. The summed E-state index contributed by atoms with van der Waals surface area (Å²) in [6, 6.07) is 18.1. The lowest BCUT2D eigenvalue weighted by Crippen LogP contribution is -2.32. The van der Waals surface area contributed by atoms with Crippen LogP contribution < -0.4 is 25.5 Å². The molecule has 0 aliphatic rings. The Kier molecular flexibility index (Phi) is 9.99. The van der Waals surface area contributed by atoms with Crippen LogP contribution >= 0.6 is 0 Å². The maximum atomic E-state index is 12.5. The van der Waals surface area contributed by atoms with Crippen LogP contribution in [0.4, 0.5) is 11.4 Å². The summed E-state index contributed by atoms with van der Waals surface area (Å²) in [6.07, 6.45) is 2.10. The number of aryl methyl sites for hydroxylation is 3. The number of carbonyl (C=O) groups is 3. The van der Waals surface area contributed by atoms with Crippen molar-refractivity contribution in [3.63, 3.8) is 0 Å². The van der Waals surface area contributed by atoms with Crippen molar-refractivity contribution in [2.75, 3.05) is 23.8 Å². The largest absolute Gasteiger partial charge is 0.490 e. The minimum absolute atomic E-state index is 0.201. The Morgan fingerprint density at radius 2 is 1.58 bits per heavy atom. The van der Waals surface area contributed by atoms with E-state index >= 15 is 0 Å². The number of benzene rings is 3. The summed E-state index contributed by atoms with van der Waals surface area (Å²) in [4.78, 5) is 36.9. The monoisotopic (exact) mass is 516 g/mol. The van der Waals surface area contributed by atoms with Gasteiger partial charge < -0.3 is 20.1 Å². The Labute approximate surface area is 222 Å². The molecule has 0 aliphatic heterocycles. The van der Waals surface area contributed by atoms with Gasteiger partial charge in [-0.1, -0.05) is 43.3 Å². The van der Waals surface area contributed by atoms with Crippen molar-refractivity contribution in [2.45, 2.75) is 34.1 Å². The number of rotatable bonds is 10. The number of nitrogens with zero attached hydrogens (tertiary/aromatic N) is 1. The highest BCUT2D eigenvalue weighted by Gasteiger charge is 2.15. The number of hydrazone groups is 1. The average Bonchev–Trinajstić information content (AvgIpc) is 2.90. The zero-order valence-corrected chi connectivity index (χ0v) is 22.0. The van der Waals surface area contributed by atoms with E-state index in [4.69, 9.17) is 9.47 Å². The van der Waals surface area contributed by atoms with E-state index in [1.165, 1.54) is 6.21 Å². The molecule has 3 aromatic carbocycles. The molecule has 0 bridgehead atoms. The van der Waals surface area contributed by atoms with Crippen LogP contribution in [0.25, 0.3) is 0 Å². The van der Waals surface area contributed by atoms with Gasteiger partial charge in [-0.3, -0.25) is 14.4 Å². The van der Waals surface area contributed by atoms with Gasteiger partial charge >= 0.3 is 11.8 Å². The van der Waals surface area contributed by atoms with Crippen LogP contribution in [0, 0.1) is 13.8 Å². The second-order valence-corrected chi connectivity index (χ2v) is 8.41. The number of para-hydroxylation sites is 2. The molecule has 0 saturated carbocycles. The quantitative estimate of drug-likeness (QED) is 0.210. The van der Waals surface area contributed by atoms with Crippen LogP contribution in [-0.2, 0) is 20.8 Å². The van der Waals surface area contributed by atoms with E-state index < -0.39 is 11.8 Å². The van der Waals surface area contributed by atoms with Gasteiger partial charge in [0.05, 0.1) is 12.8 Å². The zero-order valence-electron chi connectivity index (χ0n) is 22.0. The van der Waals surface area contributed by atoms with E-state index in [2.05, 4.69) is 21.2 Å². The van der Waals surface area contributed by atoms with Crippen molar-refractivity contribution in [1.82, 2.24) is 5.43 Å². The van der Waals surface area contributed by atoms with Gasteiger partial charge in [-0.05, 0) is 73.7 Å². The lowest BCUT2D eigenvalue weighted by Gasteiger charge is -2.14. The van der Waals surface area contributed by atoms with Gasteiger partial charge in [0.25, 0.3) is 5.91 Å². The van der Waals surface area contributed by atoms with Crippen LogP contribution in [0.3, 0.4) is 0 Å². The summed E-state index contributed by atoms with van der Waals surface area (Å²) in [5.41, 5.74) is 7.02. The molecule has 3 aromatic rings. The summed E-state index contributed by atoms with van der Waals surface area (Å²) in [5, 5.41) is 9.34. The van der Waals surface area contributed by atoms with E-state index in [-0.39, 0.29) is 12.5 Å². The van der Waals surface area contributed by atoms with E-state index in [0.29, 0.717) is 29.4 Å². The minimum atomic E-state index is -0.896. The number of hydrogen-bond acceptors (Lipinski definition) is 6. The predicted molar refractivity (Wildman–Crippen MR) is 148 cm³/mol. The van der Waals surface area contributed by atoms with Gasteiger partial charge in [0.2, 0.25) is 0 Å². The third-order valence-corrected chi connectivity index (χ3v) is 5.60. The number of amides is 3. The Hall–Kier alpha value is -4.66. The first-order valence-electron chi connectivity index (χ1n) is 12.3. The molecule has 198 valence electrons. The van der Waals surface area contributed by atoms with E-state index in [1.54, 1.807) is 30.3 Å². The topological polar surface area (TPSA) is 118 Å². The summed E-state index contributed by atoms with van der Waals surface area (Å²) >= 11 is 0. The lowest BCUT2D eigenvalue weighted by atomic mass is 10.1. The van der Waals surface area contributed by atoms with Crippen molar-refractivity contribution in [3.05, 3.63) is 82.9 Å². The molecule has 0 aliphatic carbocycles. The van der Waals surface area contributed by atoms with Crippen LogP contribution in [0.5, 0.6) is 11.5 Å². The van der Waals surface area contributed by atoms with Gasteiger partial charge in [0.15, 0.2) is 18.1 Å². The first-order chi connectivity index (χ1) is 18.3. The van der Waals surface area contributed by atoms with E-state index in [0.717, 1.165) is 28.8 Å². The second kappa shape index (κ2) is 13.6. The number of ether oxygens (including phenoxy) is 2. The fraction of sp³-hybridized carbons (Fsp3) is 0.241. The molecule has 0 heterocycles. The molecule has 9 heteroatoms. The van der Waals surface area contributed by atoms with Gasteiger partial charge in [-0.15, -0.1) is 0 Å². The SMILES string of the molecule is CCOc1cc(/C=N\NC(=O)C(=O)Nc2ccccc2CC)ccc1OCC(=O)Nc1c(C)cccc1C. The molecule has 3 amide bonds. The maximum Gasteiger partial charge on any atom is 0.329 e. The summed E-state index contributed by atoms with van der Waals surface area (Å²) < 4.78 is 11.4. The fourth-order valence-corrected chi connectivity index (χ4v) is 3.67. The van der Waals surface area contributed by atoms with Crippen LogP contribution in [0.1, 0.15) is 36.1 Å². The molecule has 0 radical (unpaired) electrons. The van der Waals surface area contributed by atoms with Crippen molar-refractivity contribution >= 4 is 35.3 Å². The summed E-state index contributed by atoms with van der Waals surface area (Å²) in [7, 11) is 0. The molecular formula is C29H32N4O5. The van der Waals surface area contributed by atoms with Crippen LogP contribution in [0.2, 0.25) is 0 Å². The fourth-order valence-electron chi connectivity index (χ4n) is 3.67. The first kappa shape index (κ1) is 27.9. The number of hydrogen-bond donors (Lipinski definition) is 3. The highest BCUT2D eigenvalue weighted by atomic mass is 16.5. The third-order valence-electron chi connectivity index (χ3n) is 5.60. The molecule has 9 nitrogen and oxygen atoms in total. The highest BCUT2D eigenvalue weighted by Crippen LogP contribution is 2.28. The Balaban J connectivity index is 1.58. The summed E-state index contributed by atoms with van der Waals surface area (Å²) in [5.74, 6) is -1.21. The van der Waals surface area contributed by atoms with Gasteiger partial charge in [-0.25, -0.2) is 5.43 Å². The smallest absolute Gasteiger partial charge is 0.329 e. The first-order valence-corrected chi connectivity index (χ1v) is 12.3. The second-order valence-electron chi connectivity index (χ2n) is 8.41. The predicted octanol–water partition coefficient (Wildman–Crippen LogP) is 4.37. The third kappa shape index (κ3) is 7.67. The van der Waals surface area contributed by atoms with Crippen molar-refractivity contribution in [1.29, 1.82) is 0 Å². The molecule has 0 atom stereocenters. The number of carbonyl (C=O) groups excluding carboxylic acids is 3. The average molecular weight is 517 g/mol. The van der Waals surface area contributed by atoms with Crippen molar-refractivity contribution in [2.24, 2.45) is 5.10 Å². The molecule has 0 spiro atoms. The Morgan fingerprint density at radius 3 is 2.29 bits per heavy atom. The van der Waals surface area contributed by atoms with Gasteiger partial charge in [-0.2, -0.15) is 5.10 Å². The highest BCUT2D eigenvalue weighted by molar-refractivity contribution is 6.39. The number of nitrogens with one attached hydrogen (secondary N) is 3. The molecule has 0 aromatic heterocycles. The standard InChI is InChI=1S/C29H32N4O5/c1-5-22-12-7-8-13-23(22)31-28(35)29(36)33-30-17-21-14-15-24(25(16-21)37-6-2)38-18-26(34)32-27-19(3)10-9-11-20(27)4/h7-17H,5-6,18H2,1-4H3,(H,31,35)(H,32,34)(H,33,36)/b30-17-. The molecule has 38 heavy (non-hydrogen) atoms. The normalized spacial score (nSPS) is 10.6. The molecule has 3 N–H and O–H groups in total. The molecular weight excluding hydrogens is 484 g/mol. The van der Waals surface area contributed by atoms with Crippen LogP contribution in [-0.4, -0.2) is 37.1 Å². The van der Waals surface area contributed by atoms with E-state index in [1.807, 2.05) is 58.0 Å². The molecule has 3 rings (SSSR count). The number of anilines is 2. The lowest BCUT2D eigenvalue weighted by molar-refractivity contribution is -0.136. The molecule has 0 saturated heterocycles. The maximum absolute atomic E-state index is 12.5. The minimum Gasteiger partial charge on any atom is -0.490 e. The van der Waals surface area contributed by atoms with E-state index in [9.17, 15) is 14.4 Å². The van der Waals surface area contributed by atoms with Crippen LogP contribution in [0.15, 0.2) is 65.8 Å². The van der Waals surface area contributed by atoms with Gasteiger partial charge in [0, 0.05) is 11.4 Å². The Morgan fingerprint density at radius 1 is 0.842 bits per heavy atom. The van der Waals surface area contributed by atoms with Crippen molar-refractivity contribution < 1.29 is 23.9 Å². The molecule has 0 fully saturated rings. The summed E-state index contributed by atoms with van der Waals surface area (Å²) in [6.45, 7) is 7.82.